The summed E-state index contributed by atoms with van der Waals surface area (Å²) < 4.78 is 20.5. The van der Waals surface area contributed by atoms with Crippen LogP contribution >= 0.6 is 23.1 Å². The summed E-state index contributed by atoms with van der Waals surface area (Å²) in [4.78, 5) is 1.18. The van der Waals surface area contributed by atoms with Crippen molar-refractivity contribution in [1.82, 2.24) is 8.75 Å². The molecule has 106 valence electrons. The Bertz CT molecular complexity index is 574. The SMILES string of the molecule is c1csc(COc2nsnc2OC23CCC(CC2)C3)c1. The third-order valence-corrected chi connectivity index (χ3v) is 5.70. The van der Waals surface area contributed by atoms with Crippen LogP contribution in [0.4, 0.5) is 0 Å². The van der Waals surface area contributed by atoms with Crippen LogP contribution in [0.5, 0.6) is 11.8 Å². The van der Waals surface area contributed by atoms with Gasteiger partial charge in [-0.05, 0) is 49.5 Å². The van der Waals surface area contributed by atoms with Crippen LogP contribution < -0.4 is 9.47 Å². The quantitative estimate of drug-likeness (QED) is 0.840. The Hall–Kier alpha value is -1.14. The molecule has 0 saturated heterocycles. The minimum absolute atomic E-state index is 0.0153. The van der Waals surface area contributed by atoms with Gasteiger partial charge in [0.05, 0.1) is 11.7 Å². The highest BCUT2D eigenvalue weighted by Gasteiger charge is 2.47. The number of aromatic nitrogens is 2. The number of hydrogen-bond acceptors (Lipinski definition) is 6. The number of nitrogens with zero attached hydrogens (tertiary/aromatic N) is 2. The van der Waals surface area contributed by atoms with Gasteiger partial charge in [0.2, 0.25) is 0 Å². The summed E-state index contributed by atoms with van der Waals surface area (Å²) in [6.45, 7) is 0.537. The van der Waals surface area contributed by atoms with Gasteiger partial charge in [0, 0.05) is 4.88 Å². The molecule has 2 aliphatic carbocycles. The standard InChI is InChI=1S/C14H16N2O2S2/c1-2-11(19-7-1)9-17-12-13(16-20-15-12)18-14-5-3-10(8-14)4-6-14/h1-2,7,10H,3-6,8-9H2. The number of thiophene rings is 1. The lowest BCUT2D eigenvalue weighted by Gasteiger charge is -2.26. The van der Waals surface area contributed by atoms with Gasteiger partial charge in [-0.25, -0.2) is 0 Å². The smallest absolute Gasteiger partial charge is 0.291 e. The predicted octanol–water partition coefficient (Wildman–Crippen LogP) is 3.89. The first kappa shape index (κ1) is 12.6. The molecule has 0 radical (unpaired) electrons. The van der Waals surface area contributed by atoms with E-state index in [0.29, 0.717) is 18.4 Å². The third kappa shape index (κ3) is 2.31. The van der Waals surface area contributed by atoms with E-state index >= 15 is 0 Å². The van der Waals surface area contributed by atoms with E-state index in [1.807, 2.05) is 11.4 Å². The molecule has 2 heterocycles. The van der Waals surface area contributed by atoms with Gasteiger partial charge >= 0.3 is 0 Å². The van der Waals surface area contributed by atoms with E-state index in [2.05, 4.69) is 14.8 Å². The van der Waals surface area contributed by atoms with Gasteiger partial charge in [-0.1, -0.05) is 6.07 Å². The van der Waals surface area contributed by atoms with Gasteiger partial charge in [0.15, 0.2) is 0 Å². The summed E-state index contributed by atoms with van der Waals surface area (Å²) in [7, 11) is 0. The lowest BCUT2D eigenvalue weighted by molar-refractivity contribution is 0.0702. The topological polar surface area (TPSA) is 44.2 Å². The lowest BCUT2D eigenvalue weighted by atomic mass is 9.97. The van der Waals surface area contributed by atoms with Gasteiger partial charge < -0.3 is 9.47 Å². The van der Waals surface area contributed by atoms with Crippen molar-refractivity contribution in [2.24, 2.45) is 5.92 Å². The lowest BCUT2D eigenvalue weighted by Crippen LogP contribution is -2.30. The molecule has 2 aromatic rings. The summed E-state index contributed by atoms with van der Waals surface area (Å²) in [5.74, 6) is 2.00. The second-order valence-electron chi connectivity index (χ2n) is 5.68. The number of fused-ring (bicyclic) bond motifs is 2. The van der Waals surface area contributed by atoms with Crippen LogP contribution in [0.3, 0.4) is 0 Å². The molecule has 2 aromatic heterocycles. The summed E-state index contributed by atoms with van der Waals surface area (Å²) in [6, 6.07) is 4.08. The van der Waals surface area contributed by atoms with Crippen LogP contribution in [-0.2, 0) is 6.61 Å². The average molecular weight is 308 g/mol. The van der Waals surface area contributed by atoms with E-state index in [1.54, 1.807) is 11.3 Å². The second kappa shape index (κ2) is 5.00. The Morgan fingerprint density at radius 3 is 2.80 bits per heavy atom. The van der Waals surface area contributed by atoms with E-state index in [1.165, 1.54) is 24.1 Å². The zero-order valence-electron chi connectivity index (χ0n) is 11.1. The monoisotopic (exact) mass is 308 g/mol. The number of ether oxygens (including phenoxy) is 2. The maximum absolute atomic E-state index is 6.21. The molecule has 20 heavy (non-hydrogen) atoms. The van der Waals surface area contributed by atoms with Gasteiger partial charge in [-0.15, -0.1) is 20.1 Å². The van der Waals surface area contributed by atoms with Crippen LogP contribution in [0.15, 0.2) is 17.5 Å². The van der Waals surface area contributed by atoms with Gasteiger partial charge in [-0.2, -0.15) is 0 Å². The molecule has 0 aromatic carbocycles. The van der Waals surface area contributed by atoms with Crippen molar-refractivity contribution >= 4 is 23.1 Å². The molecule has 2 fully saturated rings. The van der Waals surface area contributed by atoms with Crippen LogP contribution in [0.25, 0.3) is 0 Å². The highest BCUT2D eigenvalue weighted by atomic mass is 32.1. The molecule has 2 bridgehead atoms. The van der Waals surface area contributed by atoms with Gasteiger partial charge in [0.25, 0.3) is 11.8 Å². The molecule has 0 N–H and O–H groups in total. The summed E-state index contributed by atoms with van der Waals surface area (Å²) >= 11 is 2.85. The largest absolute Gasteiger partial charge is 0.467 e. The molecule has 0 spiro atoms. The Labute approximate surface area is 126 Å². The fraction of sp³-hybridized carbons (Fsp3) is 0.571. The molecule has 4 rings (SSSR count). The minimum atomic E-state index is 0.0153. The van der Waals surface area contributed by atoms with Gasteiger partial charge in [-0.3, -0.25) is 0 Å². The van der Waals surface area contributed by atoms with Crippen molar-refractivity contribution in [3.05, 3.63) is 22.4 Å². The summed E-state index contributed by atoms with van der Waals surface area (Å²) in [5.41, 5.74) is 0.0153. The zero-order chi connectivity index (χ0) is 13.4. The van der Waals surface area contributed by atoms with Crippen molar-refractivity contribution in [2.45, 2.75) is 44.3 Å². The molecular weight excluding hydrogens is 292 g/mol. The zero-order valence-corrected chi connectivity index (χ0v) is 12.7. The first-order chi connectivity index (χ1) is 9.83. The van der Waals surface area contributed by atoms with Crippen molar-refractivity contribution in [3.8, 4) is 11.8 Å². The normalized spacial score (nSPS) is 27.9. The Balaban J connectivity index is 1.45. The second-order valence-corrected chi connectivity index (χ2v) is 7.24. The third-order valence-electron chi connectivity index (χ3n) is 4.35. The van der Waals surface area contributed by atoms with E-state index in [9.17, 15) is 0 Å². The highest BCUT2D eigenvalue weighted by Crippen LogP contribution is 2.50. The molecule has 4 nitrogen and oxygen atoms in total. The Morgan fingerprint density at radius 2 is 2.10 bits per heavy atom. The molecule has 0 aliphatic heterocycles. The molecule has 0 amide bonds. The average Bonchev–Trinajstić information content (AvgIpc) is 3.22. The van der Waals surface area contributed by atoms with Crippen molar-refractivity contribution in [1.29, 1.82) is 0 Å². The fourth-order valence-corrected chi connectivity index (χ4v) is 4.40. The van der Waals surface area contributed by atoms with E-state index < -0.39 is 0 Å². The molecule has 2 aliphatic rings. The van der Waals surface area contributed by atoms with E-state index in [0.717, 1.165) is 30.5 Å². The molecule has 0 unspecified atom stereocenters. The molecule has 0 atom stereocenters. The summed E-state index contributed by atoms with van der Waals surface area (Å²) in [5, 5.41) is 2.05. The van der Waals surface area contributed by atoms with Crippen LogP contribution in [0, 0.1) is 5.92 Å². The molecule has 2 saturated carbocycles. The van der Waals surface area contributed by atoms with Crippen molar-refractivity contribution in [3.63, 3.8) is 0 Å². The highest BCUT2D eigenvalue weighted by molar-refractivity contribution is 7.09. The Morgan fingerprint density at radius 1 is 1.25 bits per heavy atom. The van der Waals surface area contributed by atoms with Crippen molar-refractivity contribution in [2.75, 3.05) is 0 Å². The fourth-order valence-electron chi connectivity index (χ4n) is 3.34. The van der Waals surface area contributed by atoms with E-state index in [4.69, 9.17) is 9.47 Å². The predicted molar refractivity (Wildman–Crippen MR) is 78.5 cm³/mol. The first-order valence-electron chi connectivity index (χ1n) is 7.00. The maximum Gasteiger partial charge on any atom is 0.291 e. The van der Waals surface area contributed by atoms with E-state index in [-0.39, 0.29) is 5.60 Å². The number of hydrogen-bond donors (Lipinski definition) is 0. The van der Waals surface area contributed by atoms with Crippen LogP contribution in [0.1, 0.15) is 37.0 Å². The van der Waals surface area contributed by atoms with Crippen LogP contribution in [0.2, 0.25) is 0 Å². The number of rotatable bonds is 5. The maximum atomic E-state index is 6.21. The Kier molecular flexibility index (Phi) is 3.15. The minimum Gasteiger partial charge on any atom is -0.467 e. The van der Waals surface area contributed by atoms with Crippen molar-refractivity contribution < 1.29 is 9.47 Å². The van der Waals surface area contributed by atoms with Gasteiger partial charge in [0.1, 0.15) is 12.2 Å². The molecular formula is C14H16N2O2S2. The molecule has 6 heteroatoms. The first-order valence-corrected chi connectivity index (χ1v) is 8.61. The summed E-state index contributed by atoms with van der Waals surface area (Å²) in [6.07, 6.45) is 6.07. The van der Waals surface area contributed by atoms with Crippen LogP contribution in [-0.4, -0.2) is 14.3 Å².